The number of nitrogens with one attached hydrogen (secondary N) is 1. The van der Waals surface area contributed by atoms with Gasteiger partial charge in [0.25, 0.3) is 6.43 Å². The third-order valence-corrected chi connectivity index (χ3v) is 7.75. The molecule has 1 N–H and O–H groups in total. The lowest BCUT2D eigenvalue weighted by Crippen LogP contribution is -2.26. The van der Waals surface area contributed by atoms with Crippen molar-refractivity contribution >= 4 is 26.6 Å². The van der Waals surface area contributed by atoms with Crippen LogP contribution in [-0.4, -0.2) is 31.8 Å². The molecule has 1 heterocycles. The lowest BCUT2D eigenvalue weighted by atomic mass is 9.92. The smallest absolute Gasteiger partial charge is 0.272 e. The zero-order chi connectivity index (χ0) is 25.4. The normalized spacial score (nSPS) is 14.7. The average molecular weight is 502 g/mol. The van der Waals surface area contributed by atoms with Crippen molar-refractivity contribution in [3.05, 3.63) is 48.0 Å². The monoisotopic (exact) mass is 501 g/mol. The van der Waals surface area contributed by atoms with Crippen LogP contribution < -0.4 is 9.46 Å². The number of rotatable bonds is 8. The van der Waals surface area contributed by atoms with Gasteiger partial charge in [0.1, 0.15) is 18.4 Å². The molecule has 6 nitrogen and oxygen atoms in total. The summed E-state index contributed by atoms with van der Waals surface area (Å²) in [4.78, 5) is 0. The summed E-state index contributed by atoms with van der Waals surface area (Å²) in [5.74, 6) is 0.321. The Kier molecular flexibility index (Phi) is 6.78. The molecular formula is C26H29F2N3O3S. The largest absolute Gasteiger partial charge is 0.488 e. The van der Waals surface area contributed by atoms with Gasteiger partial charge in [0.15, 0.2) is 0 Å². The van der Waals surface area contributed by atoms with Crippen LogP contribution >= 0.6 is 0 Å². The number of benzene rings is 2. The van der Waals surface area contributed by atoms with Gasteiger partial charge in [-0.05, 0) is 54.5 Å². The molecule has 35 heavy (non-hydrogen) atoms. The van der Waals surface area contributed by atoms with E-state index in [9.17, 15) is 22.5 Å². The Hall–Kier alpha value is -3.12. The van der Waals surface area contributed by atoms with Crippen molar-refractivity contribution in [1.29, 1.82) is 5.26 Å². The van der Waals surface area contributed by atoms with Crippen LogP contribution in [0.25, 0.3) is 22.2 Å². The number of nitrogens with zero attached hydrogens (tertiary/aromatic N) is 2. The van der Waals surface area contributed by atoms with Crippen LogP contribution in [0.2, 0.25) is 0 Å². The molecular weight excluding hydrogens is 472 g/mol. The van der Waals surface area contributed by atoms with E-state index in [1.54, 1.807) is 42.5 Å². The van der Waals surface area contributed by atoms with E-state index in [4.69, 9.17) is 4.74 Å². The Morgan fingerprint density at radius 3 is 2.40 bits per heavy atom. The molecule has 1 aromatic heterocycles. The molecule has 9 heteroatoms. The van der Waals surface area contributed by atoms with Gasteiger partial charge in [-0.25, -0.2) is 17.2 Å². The molecule has 1 fully saturated rings. The van der Waals surface area contributed by atoms with Gasteiger partial charge in [-0.2, -0.15) is 5.26 Å². The second kappa shape index (κ2) is 9.50. The summed E-state index contributed by atoms with van der Waals surface area (Å²) >= 11 is 0. The van der Waals surface area contributed by atoms with E-state index in [0.717, 1.165) is 41.4 Å². The Morgan fingerprint density at radius 2 is 1.86 bits per heavy atom. The molecule has 0 spiro atoms. The predicted molar refractivity (Wildman–Crippen MR) is 133 cm³/mol. The van der Waals surface area contributed by atoms with Gasteiger partial charge < -0.3 is 9.30 Å². The first-order valence-corrected chi connectivity index (χ1v) is 13.2. The van der Waals surface area contributed by atoms with E-state index in [1.807, 2.05) is 20.8 Å². The van der Waals surface area contributed by atoms with Crippen LogP contribution in [0.3, 0.4) is 0 Å². The molecule has 1 aliphatic rings. The summed E-state index contributed by atoms with van der Waals surface area (Å²) in [7, 11) is -3.51. The quantitative estimate of drug-likeness (QED) is 0.391. The molecule has 0 aliphatic heterocycles. The van der Waals surface area contributed by atoms with Crippen molar-refractivity contribution in [2.45, 2.75) is 52.5 Å². The summed E-state index contributed by atoms with van der Waals surface area (Å²) < 4.78 is 60.2. The van der Waals surface area contributed by atoms with E-state index >= 15 is 0 Å². The maximum atomic E-state index is 12.7. The summed E-state index contributed by atoms with van der Waals surface area (Å²) in [6.45, 7) is 4.89. The molecule has 1 aliphatic carbocycles. The molecule has 0 atom stereocenters. The van der Waals surface area contributed by atoms with Gasteiger partial charge in [-0.3, -0.25) is 4.72 Å². The van der Waals surface area contributed by atoms with E-state index in [0.29, 0.717) is 17.0 Å². The minimum absolute atomic E-state index is 0.00772. The number of hydrogen-bond donors (Lipinski definition) is 1. The summed E-state index contributed by atoms with van der Waals surface area (Å²) in [5, 5.41) is 10.8. The molecule has 0 amide bonds. The predicted octanol–water partition coefficient (Wildman–Crippen LogP) is 6.34. The third-order valence-electron chi connectivity index (χ3n) is 5.96. The number of sulfonamides is 1. The number of hydrogen-bond acceptors (Lipinski definition) is 4. The number of nitriles is 1. The van der Waals surface area contributed by atoms with Crippen molar-refractivity contribution in [2.24, 2.45) is 5.41 Å². The molecule has 2 aromatic carbocycles. The number of alkyl halides is 2. The lowest BCUT2D eigenvalue weighted by molar-refractivity contribution is 0.0819. The second-order valence-corrected chi connectivity index (χ2v) is 11.9. The van der Waals surface area contributed by atoms with E-state index in [-0.39, 0.29) is 17.2 Å². The maximum Gasteiger partial charge on any atom is 0.272 e. The second-order valence-electron chi connectivity index (χ2n) is 10.2. The molecule has 0 bridgehead atoms. The highest BCUT2D eigenvalue weighted by Gasteiger charge is 2.28. The van der Waals surface area contributed by atoms with Crippen LogP contribution in [0.15, 0.2) is 42.5 Å². The van der Waals surface area contributed by atoms with Crippen LogP contribution in [0.4, 0.5) is 14.5 Å². The molecule has 3 aromatic rings. The van der Waals surface area contributed by atoms with Crippen LogP contribution in [-0.2, 0) is 10.0 Å². The summed E-state index contributed by atoms with van der Waals surface area (Å²) in [6.07, 6.45) is 0.402. The first kappa shape index (κ1) is 25.0. The van der Waals surface area contributed by atoms with Crippen LogP contribution in [0.1, 0.15) is 51.6 Å². The highest BCUT2D eigenvalue weighted by Crippen LogP contribution is 2.43. The molecule has 186 valence electrons. The zero-order valence-corrected chi connectivity index (χ0v) is 20.8. The van der Waals surface area contributed by atoms with E-state index in [1.165, 1.54) is 0 Å². The van der Waals surface area contributed by atoms with Crippen LogP contribution in [0, 0.1) is 16.7 Å². The molecule has 0 saturated heterocycles. The third kappa shape index (κ3) is 5.59. The van der Waals surface area contributed by atoms with Gasteiger partial charge in [-0.15, -0.1) is 0 Å². The Bertz CT molecular complexity index is 1360. The molecule has 0 radical (unpaired) electrons. The standard InChI is InChI=1S/C26H29F2N3O3S/c1-26(2,3)16-35(32,33)30-18-9-7-17(8-10-18)25-22(14-29)21-12-11-20(34-15-24(27)28)13-23(21)31(25)19-5-4-6-19/h7-13,19,24,30H,4-6,15-16H2,1-3H3. The first-order valence-electron chi connectivity index (χ1n) is 11.6. The van der Waals surface area contributed by atoms with Crippen molar-refractivity contribution in [2.75, 3.05) is 17.1 Å². The van der Waals surface area contributed by atoms with Gasteiger partial charge >= 0.3 is 0 Å². The number of anilines is 1. The van der Waals surface area contributed by atoms with Crippen molar-refractivity contribution in [3.8, 4) is 23.1 Å². The highest BCUT2D eigenvalue weighted by molar-refractivity contribution is 7.92. The van der Waals surface area contributed by atoms with Crippen molar-refractivity contribution < 1.29 is 21.9 Å². The van der Waals surface area contributed by atoms with Gasteiger partial charge in [0.2, 0.25) is 10.0 Å². The van der Waals surface area contributed by atoms with E-state index in [2.05, 4.69) is 15.4 Å². The molecule has 1 saturated carbocycles. The number of halogens is 2. The average Bonchev–Trinajstić information content (AvgIpc) is 3.03. The summed E-state index contributed by atoms with van der Waals surface area (Å²) in [6, 6.07) is 14.5. The fraction of sp³-hybridized carbons (Fsp3) is 0.423. The topological polar surface area (TPSA) is 84.1 Å². The van der Waals surface area contributed by atoms with E-state index < -0.39 is 23.1 Å². The van der Waals surface area contributed by atoms with Gasteiger partial charge in [0.05, 0.1) is 22.5 Å². The Labute approximate surface area is 204 Å². The lowest BCUT2D eigenvalue weighted by Gasteiger charge is -2.30. The fourth-order valence-electron chi connectivity index (χ4n) is 4.44. The van der Waals surface area contributed by atoms with Crippen molar-refractivity contribution in [3.63, 3.8) is 0 Å². The molecule has 4 rings (SSSR count). The Balaban J connectivity index is 1.75. The Morgan fingerprint density at radius 1 is 1.17 bits per heavy atom. The highest BCUT2D eigenvalue weighted by atomic mass is 32.2. The number of aromatic nitrogens is 1. The molecule has 0 unspecified atom stereocenters. The minimum atomic E-state index is -3.51. The number of fused-ring (bicyclic) bond motifs is 1. The number of ether oxygens (including phenoxy) is 1. The SMILES string of the molecule is CC(C)(C)CS(=O)(=O)Nc1ccc(-c2c(C#N)c3ccc(OCC(F)F)cc3n2C2CCC2)cc1. The van der Waals surface area contributed by atoms with Gasteiger partial charge in [0, 0.05) is 23.2 Å². The maximum absolute atomic E-state index is 12.7. The van der Waals surface area contributed by atoms with Gasteiger partial charge in [-0.1, -0.05) is 32.9 Å². The fourth-order valence-corrected chi connectivity index (χ4v) is 6.15. The first-order chi connectivity index (χ1) is 16.5. The minimum Gasteiger partial charge on any atom is -0.488 e. The zero-order valence-electron chi connectivity index (χ0n) is 20.0. The van der Waals surface area contributed by atoms with Crippen molar-refractivity contribution in [1.82, 2.24) is 4.57 Å². The summed E-state index contributed by atoms with van der Waals surface area (Å²) in [5.41, 5.74) is 2.84. The van der Waals surface area contributed by atoms with Crippen LogP contribution in [0.5, 0.6) is 5.75 Å².